The zero-order valence-corrected chi connectivity index (χ0v) is 18.0. The second-order valence-corrected chi connectivity index (χ2v) is 9.19. The molecule has 3 aromatic carbocycles. The van der Waals surface area contributed by atoms with Gasteiger partial charge in [-0.2, -0.15) is 0 Å². The number of aromatic nitrogens is 1. The largest absolute Gasteiger partial charge is 0.497 e. The van der Waals surface area contributed by atoms with Crippen molar-refractivity contribution in [1.82, 2.24) is 3.97 Å². The number of nitrogens with zero attached hydrogens (tertiary/aromatic N) is 1. The maximum Gasteiger partial charge on any atom is 0.335 e. The van der Waals surface area contributed by atoms with Gasteiger partial charge in [0.25, 0.3) is 10.0 Å². The minimum Gasteiger partial charge on any atom is -0.497 e. The highest BCUT2D eigenvalue weighted by atomic mass is 35.5. The number of carboxylic acid groups (broad SMARTS) is 1. The van der Waals surface area contributed by atoms with E-state index >= 15 is 0 Å². The number of hydrogen-bond donors (Lipinski definition) is 1. The van der Waals surface area contributed by atoms with Gasteiger partial charge in [0.2, 0.25) is 0 Å². The summed E-state index contributed by atoms with van der Waals surface area (Å²) in [5, 5.41) is 10.3. The van der Waals surface area contributed by atoms with Gasteiger partial charge in [-0.05, 0) is 66.2 Å². The SMILES string of the molecule is COc1ccc(S(=O)(=O)n2c(Cc3ccc(C(=O)O)cc3)cc3cc(Cl)ccc32)cc1. The second-order valence-electron chi connectivity index (χ2n) is 6.96. The molecule has 0 aliphatic rings. The Hall–Kier alpha value is -3.29. The third-order valence-corrected chi connectivity index (χ3v) is 6.99. The van der Waals surface area contributed by atoms with E-state index in [-0.39, 0.29) is 10.5 Å². The monoisotopic (exact) mass is 455 g/mol. The molecule has 0 fully saturated rings. The first-order chi connectivity index (χ1) is 14.8. The van der Waals surface area contributed by atoms with Crippen LogP contribution in [0.15, 0.2) is 77.7 Å². The van der Waals surface area contributed by atoms with E-state index in [0.29, 0.717) is 33.8 Å². The fourth-order valence-corrected chi connectivity index (χ4v) is 5.18. The van der Waals surface area contributed by atoms with Crippen LogP contribution < -0.4 is 4.74 Å². The maximum atomic E-state index is 13.6. The summed E-state index contributed by atoms with van der Waals surface area (Å²) in [4.78, 5) is 11.2. The lowest BCUT2D eigenvalue weighted by Gasteiger charge is -2.13. The van der Waals surface area contributed by atoms with E-state index in [1.165, 1.54) is 35.3 Å². The van der Waals surface area contributed by atoms with Gasteiger partial charge in [-0.25, -0.2) is 17.2 Å². The highest BCUT2D eigenvalue weighted by molar-refractivity contribution is 7.90. The summed E-state index contributed by atoms with van der Waals surface area (Å²) >= 11 is 6.12. The molecular weight excluding hydrogens is 438 g/mol. The van der Waals surface area contributed by atoms with Crippen molar-refractivity contribution in [2.45, 2.75) is 11.3 Å². The Morgan fingerprint density at radius 1 is 1.00 bits per heavy atom. The molecule has 6 nitrogen and oxygen atoms in total. The van der Waals surface area contributed by atoms with E-state index in [0.717, 1.165) is 5.56 Å². The molecule has 0 bridgehead atoms. The van der Waals surface area contributed by atoms with E-state index in [2.05, 4.69) is 0 Å². The lowest BCUT2D eigenvalue weighted by molar-refractivity contribution is 0.0697. The quantitative estimate of drug-likeness (QED) is 0.450. The van der Waals surface area contributed by atoms with Crippen LogP contribution in [-0.4, -0.2) is 30.6 Å². The number of halogens is 1. The van der Waals surface area contributed by atoms with Crippen molar-refractivity contribution in [2.24, 2.45) is 0 Å². The summed E-state index contributed by atoms with van der Waals surface area (Å²) in [6.45, 7) is 0. The van der Waals surface area contributed by atoms with Crippen molar-refractivity contribution in [1.29, 1.82) is 0 Å². The number of hydrogen-bond acceptors (Lipinski definition) is 4. The number of methoxy groups -OCH3 is 1. The van der Waals surface area contributed by atoms with Gasteiger partial charge >= 0.3 is 5.97 Å². The fourth-order valence-electron chi connectivity index (χ4n) is 3.45. The van der Waals surface area contributed by atoms with E-state index in [1.807, 2.05) is 0 Å². The zero-order valence-electron chi connectivity index (χ0n) is 16.4. The summed E-state index contributed by atoms with van der Waals surface area (Å²) in [6, 6.07) is 19.4. The molecule has 0 saturated heterocycles. The molecule has 0 aliphatic carbocycles. The first-order valence-corrected chi connectivity index (χ1v) is 11.1. The molecule has 4 rings (SSSR count). The van der Waals surface area contributed by atoms with E-state index < -0.39 is 16.0 Å². The third kappa shape index (κ3) is 4.02. The molecule has 0 atom stereocenters. The Labute approximate surface area is 184 Å². The van der Waals surface area contributed by atoms with Crippen molar-refractivity contribution >= 4 is 38.5 Å². The Kier molecular flexibility index (Phi) is 5.47. The first kappa shape index (κ1) is 21.0. The standard InChI is InChI=1S/C23H18ClNO5S/c1-30-20-7-9-21(10-8-20)31(28,29)25-19(14-17-13-18(24)6-11-22(17)25)12-15-2-4-16(5-3-15)23(26)27/h2-11,13-14H,12H2,1H3,(H,26,27). The van der Waals surface area contributed by atoms with E-state index in [9.17, 15) is 13.2 Å². The summed E-state index contributed by atoms with van der Waals surface area (Å²) < 4.78 is 33.6. The van der Waals surface area contributed by atoms with Crippen LogP contribution in [0.4, 0.5) is 0 Å². The number of rotatable bonds is 6. The van der Waals surface area contributed by atoms with Crippen LogP contribution in [0.1, 0.15) is 21.6 Å². The van der Waals surface area contributed by atoms with Crippen LogP contribution in [0, 0.1) is 0 Å². The number of carbonyl (C=O) groups is 1. The predicted octanol–water partition coefficient (Wildman–Crippen LogP) is 4.83. The van der Waals surface area contributed by atoms with Crippen LogP contribution in [0.2, 0.25) is 5.02 Å². The molecule has 0 unspecified atom stereocenters. The summed E-state index contributed by atoms with van der Waals surface area (Å²) in [5.41, 5.74) is 2.00. The normalized spacial score (nSPS) is 11.5. The molecule has 1 aromatic heterocycles. The lowest BCUT2D eigenvalue weighted by atomic mass is 10.1. The van der Waals surface area contributed by atoms with Crippen LogP contribution in [-0.2, 0) is 16.4 Å². The molecule has 158 valence electrons. The lowest BCUT2D eigenvalue weighted by Crippen LogP contribution is -2.16. The molecule has 0 radical (unpaired) electrons. The van der Waals surface area contributed by atoms with Crippen LogP contribution in [0.25, 0.3) is 10.9 Å². The second kappa shape index (κ2) is 8.09. The average molecular weight is 456 g/mol. The molecule has 4 aromatic rings. The van der Waals surface area contributed by atoms with E-state index in [1.54, 1.807) is 48.5 Å². The van der Waals surface area contributed by atoms with Crippen molar-refractivity contribution in [3.05, 3.63) is 94.6 Å². The Morgan fingerprint density at radius 3 is 2.29 bits per heavy atom. The molecule has 0 aliphatic heterocycles. The molecule has 8 heteroatoms. The fraction of sp³-hybridized carbons (Fsp3) is 0.0870. The number of aromatic carboxylic acids is 1. The Morgan fingerprint density at radius 2 is 1.68 bits per heavy atom. The van der Waals surface area contributed by atoms with Gasteiger partial charge in [-0.3, -0.25) is 0 Å². The molecule has 0 saturated carbocycles. The zero-order chi connectivity index (χ0) is 22.2. The smallest absolute Gasteiger partial charge is 0.335 e. The molecule has 0 amide bonds. The average Bonchev–Trinajstić information content (AvgIpc) is 3.11. The highest BCUT2D eigenvalue weighted by Crippen LogP contribution is 2.30. The molecule has 31 heavy (non-hydrogen) atoms. The van der Waals surface area contributed by atoms with Crippen molar-refractivity contribution in [3.8, 4) is 5.75 Å². The summed E-state index contributed by atoms with van der Waals surface area (Å²) in [7, 11) is -2.39. The molecule has 1 N–H and O–H groups in total. The Bertz CT molecular complexity index is 1370. The van der Waals surface area contributed by atoms with Crippen molar-refractivity contribution < 1.29 is 23.1 Å². The summed E-state index contributed by atoms with van der Waals surface area (Å²) in [5.74, 6) is -0.459. The minimum atomic E-state index is -3.91. The van der Waals surface area contributed by atoms with Gasteiger partial charge in [0.1, 0.15) is 5.75 Å². The maximum absolute atomic E-state index is 13.6. The van der Waals surface area contributed by atoms with Crippen LogP contribution in [0.3, 0.4) is 0 Å². The van der Waals surface area contributed by atoms with Gasteiger partial charge in [-0.15, -0.1) is 0 Å². The number of benzene rings is 3. The van der Waals surface area contributed by atoms with Crippen LogP contribution >= 0.6 is 11.6 Å². The van der Waals surface area contributed by atoms with Crippen molar-refractivity contribution in [3.63, 3.8) is 0 Å². The number of fused-ring (bicyclic) bond motifs is 1. The highest BCUT2D eigenvalue weighted by Gasteiger charge is 2.23. The minimum absolute atomic E-state index is 0.128. The number of carboxylic acids is 1. The summed E-state index contributed by atoms with van der Waals surface area (Å²) in [6.07, 6.45) is 0.293. The van der Waals surface area contributed by atoms with Gasteiger partial charge in [0, 0.05) is 22.5 Å². The number of ether oxygens (including phenoxy) is 1. The van der Waals surface area contributed by atoms with Crippen LogP contribution in [0.5, 0.6) is 5.75 Å². The van der Waals surface area contributed by atoms with Crippen molar-refractivity contribution in [2.75, 3.05) is 7.11 Å². The Balaban J connectivity index is 1.85. The molecule has 0 spiro atoms. The van der Waals surface area contributed by atoms with Gasteiger partial charge in [0.15, 0.2) is 0 Å². The van der Waals surface area contributed by atoms with Gasteiger partial charge in [0.05, 0.1) is 23.1 Å². The third-order valence-electron chi connectivity index (χ3n) is 4.98. The van der Waals surface area contributed by atoms with Gasteiger partial charge < -0.3 is 9.84 Å². The topological polar surface area (TPSA) is 85.6 Å². The predicted molar refractivity (Wildman–Crippen MR) is 119 cm³/mol. The first-order valence-electron chi connectivity index (χ1n) is 9.31. The molecule has 1 heterocycles. The van der Waals surface area contributed by atoms with Gasteiger partial charge in [-0.1, -0.05) is 23.7 Å². The molecular formula is C23H18ClNO5S. The van der Waals surface area contributed by atoms with E-state index in [4.69, 9.17) is 21.4 Å².